The summed E-state index contributed by atoms with van der Waals surface area (Å²) in [6, 6.07) is 16.0. The van der Waals surface area contributed by atoms with Gasteiger partial charge < -0.3 is 9.72 Å². The SMILES string of the molecule is O=C(COC(=O)c1ccccc1C(=O)c1ccc(Cl)cc1)c1ccc[nH]1. The van der Waals surface area contributed by atoms with Gasteiger partial charge in [0.05, 0.1) is 11.3 Å². The first kappa shape index (κ1) is 17.6. The zero-order chi connectivity index (χ0) is 18.5. The van der Waals surface area contributed by atoms with Crippen molar-refractivity contribution in [1.82, 2.24) is 4.98 Å². The molecule has 26 heavy (non-hydrogen) atoms. The fraction of sp³-hybridized carbons (Fsp3) is 0.0500. The Hall–Kier alpha value is -3.18. The van der Waals surface area contributed by atoms with E-state index in [-0.39, 0.29) is 22.7 Å². The maximum absolute atomic E-state index is 12.7. The molecule has 3 aromatic rings. The fourth-order valence-electron chi connectivity index (χ4n) is 2.41. The van der Waals surface area contributed by atoms with Crippen LogP contribution in [0.15, 0.2) is 66.9 Å². The number of aromatic nitrogens is 1. The quantitative estimate of drug-likeness (QED) is 0.529. The van der Waals surface area contributed by atoms with Crippen LogP contribution in [0.1, 0.15) is 36.8 Å². The second-order valence-corrected chi connectivity index (χ2v) is 5.90. The van der Waals surface area contributed by atoms with Gasteiger partial charge in [0, 0.05) is 22.3 Å². The summed E-state index contributed by atoms with van der Waals surface area (Å²) in [6.45, 7) is -0.414. The summed E-state index contributed by atoms with van der Waals surface area (Å²) in [5.41, 5.74) is 1.05. The summed E-state index contributed by atoms with van der Waals surface area (Å²) in [7, 11) is 0. The minimum atomic E-state index is -0.734. The Labute approximate surface area is 154 Å². The van der Waals surface area contributed by atoms with Gasteiger partial charge in [-0.25, -0.2) is 4.79 Å². The first-order chi connectivity index (χ1) is 12.6. The predicted molar refractivity (Wildman–Crippen MR) is 96.7 cm³/mol. The lowest BCUT2D eigenvalue weighted by Gasteiger charge is -2.09. The second kappa shape index (κ2) is 7.80. The summed E-state index contributed by atoms with van der Waals surface area (Å²) in [5.74, 6) is -1.42. The molecule has 0 fully saturated rings. The van der Waals surface area contributed by atoms with Crippen molar-refractivity contribution in [2.24, 2.45) is 0 Å². The number of H-pyrrole nitrogens is 1. The molecule has 0 atom stereocenters. The van der Waals surface area contributed by atoms with Crippen LogP contribution in [0, 0.1) is 0 Å². The van der Waals surface area contributed by atoms with E-state index in [1.165, 1.54) is 6.07 Å². The van der Waals surface area contributed by atoms with Gasteiger partial charge in [-0.1, -0.05) is 29.8 Å². The molecule has 0 unspecified atom stereocenters. The molecule has 0 aliphatic carbocycles. The van der Waals surface area contributed by atoms with Gasteiger partial charge in [0.1, 0.15) is 0 Å². The van der Waals surface area contributed by atoms with E-state index in [0.29, 0.717) is 16.3 Å². The van der Waals surface area contributed by atoms with Gasteiger partial charge in [-0.3, -0.25) is 9.59 Å². The van der Waals surface area contributed by atoms with Gasteiger partial charge in [0.25, 0.3) is 0 Å². The third kappa shape index (κ3) is 3.90. The monoisotopic (exact) mass is 367 g/mol. The summed E-state index contributed by atoms with van der Waals surface area (Å²) < 4.78 is 5.08. The number of Topliss-reactive ketones (excluding diaryl/α,β-unsaturated/α-hetero) is 1. The highest BCUT2D eigenvalue weighted by molar-refractivity contribution is 6.30. The molecule has 0 bridgehead atoms. The summed E-state index contributed by atoms with van der Waals surface area (Å²) in [4.78, 5) is 39.7. The largest absolute Gasteiger partial charge is 0.454 e. The molecule has 2 aromatic carbocycles. The highest BCUT2D eigenvalue weighted by Gasteiger charge is 2.20. The molecule has 0 aliphatic heterocycles. The third-order valence-corrected chi connectivity index (χ3v) is 3.98. The van der Waals surface area contributed by atoms with Crippen molar-refractivity contribution in [3.8, 4) is 0 Å². The average molecular weight is 368 g/mol. The van der Waals surface area contributed by atoms with Gasteiger partial charge in [-0.05, 0) is 42.5 Å². The highest BCUT2D eigenvalue weighted by atomic mass is 35.5. The molecule has 130 valence electrons. The van der Waals surface area contributed by atoms with Crippen molar-refractivity contribution < 1.29 is 19.1 Å². The normalized spacial score (nSPS) is 10.3. The van der Waals surface area contributed by atoms with Crippen LogP contribution >= 0.6 is 11.6 Å². The number of benzene rings is 2. The van der Waals surface area contributed by atoms with E-state index >= 15 is 0 Å². The molecule has 1 heterocycles. The lowest BCUT2D eigenvalue weighted by molar-refractivity contribution is 0.0472. The van der Waals surface area contributed by atoms with Crippen LogP contribution in [-0.4, -0.2) is 29.1 Å². The van der Waals surface area contributed by atoms with Crippen LogP contribution < -0.4 is 0 Å². The Kier molecular flexibility index (Phi) is 5.29. The van der Waals surface area contributed by atoms with Crippen LogP contribution in [0.2, 0.25) is 5.02 Å². The summed E-state index contributed by atoms with van der Waals surface area (Å²) >= 11 is 5.84. The Morgan fingerprint density at radius 1 is 0.885 bits per heavy atom. The van der Waals surface area contributed by atoms with Crippen LogP contribution in [0.4, 0.5) is 0 Å². The lowest BCUT2D eigenvalue weighted by atomic mass is 9.98. The summed E-state index contributed by atoms with van der Waals surface area (Å²) in [6.07, 6.45) is 1.61. The second-order valence-electron chi connectivity index (χ2n) is 5.46. The van der Waals surface area contributed by atoms with Crippen LogP contribution in [0.5, 0.6) is 0 Å². The number of hydrogen-bond acceptors (Lipinski definition) is 4. The van der Waals surface area contributed by atoms with Crippen molar-refractivity contribution in [2.45, 2.75) is 0 Å². The minimum Gasteiger partial charge on any atom is -0.454 e. The maximum atomic E-state index is 12.7. The molecule has 1 N–H and O–H groups in total. The minimum absolute atomic E-state index is 0.103. The molecule has 0 spiro atoms. The van der Waals surface area contributed by atoms with Crippen molar-refractivity contribution in [2.75, 3.05) is 6.61 Å². The number of hydrogen-bond donors (Lipinski definition) is 1. The van der Waals surface area contributed by atoms with E-state index in [0.717, 1.165) is 0 Å². The molecule has 0 amide bonds. The van der Waals surface area contributed by atoms with Gasteiger partial charge in [0.15, 0.2) is 12.4 Å². The van der Waals surface area contributed by atoms with E-state index in [9.17, 15) is 14.4 Å². The maximum Gasteiger partial charge on any atom is 0.339 e. The number of ketones is 2. The number of esters is 1. The van der Waals surface area contributed by atoms with E-state index < -0.39 is 12.6 Å². The molecular weight excluding hydrogens is 354 g/mol. The highest BCUT2D eigenvalue weighted by Crippen LogP contribution is 2.18. The van der Waals surface area contributed by atoms with Crippen LogP contribution in [-0.2, 0) is 4.74 Å². The third-order valence-electron chi connectivity index (χ3n) is 3.73. The van der Waals surface area contributed by atoms with E-state index in [4.69, 9.17) is 16.3 Å². The fourth-order valence-corrected chi connectivity index (χ4v) is 2.53. The molecule has 0 aliphatic rings. The van der Waals surface area contributed by atoms with Crippen molar-refractivity contribution in [3.63, 3.8) is 0 Å². The van der Waals surface area contributed by atoms with Gasteiger partial charge in [0.2, 0.25) is 5.78 Å². The predicted octanol–water partition coefficient (Wildman–Crippen LogP) is 3.94. The smallest absolute Gasteiger partial charge is 0.339 e. The van der Waals surface area contributed by atoms with E-state index in [1.54, 1.807) is 60.8 Å². The van der Waals surface area contributed by atoms with Crippen molar-refractivity contribution in [1.29, 1.82) is 0 Å². The first-order valence-corrected chi connectivity index (χ1v) is 8.17. The van der Waals surface area contributed by atoms with Gasteiger partial charge in [-0.2, -0.15) is 0 Å². The van der Waals surface area contributed by atoms with E-state index in [2.05, 4.69) is 4.98 Å². The Morgan fingerprint density at radius 2 is 1.58 bits per heavy atom. The molecule has 3 rings (SSSR count). The molecule has 1 aromatic heterocycles. The molecular formula is C20H14ClNO4. The number of nitrogens with one attached hydrogen (secondary N) is 1. The number of carbonyl (C=O) groups excluding carboxylic acids is 3. The first-order valence-electron chi connectivity index (χ1n) is 7.79. The molecule has 5 nitrogen and oxygen atoms in total. The van der Waals surface area contributed by atoms with Crippen LogP contribution in [0.25, 0.3) is 0 Å². The zero-order valence-corrected chi connectivity index (χ0v) is 14.3. The van der Waals surface area contributed by atoms with Gasteiger partial charge >= 0.3 is 5.97 Å². The van der Waals surface area contributed by atoms with Crippen molar-refractivity contribution >= 4 is 29.1 Å². The number of aromatic amines is 1. The molecule has 0 radical (unpaired) electrons. The Morgan fingerprint density at radius 3 is 2.23 bits per heavy atom. The Balaban J connectivity index is 1.78. The number of rotatable bonds is 6. The van der Waals surface area contributed by atoms with Gasteiger partial charge in [-0.15, -0.1) is 0 Å². The number of ether oxygens (including phenoxy) is 1. The molecule has 0 saturated carbocycles. The standard InChI is InChI=1S/C20H14ClNO4/c21-14-9-7-13(8-10-14)19(24)15-4-1-2-5-16(15)20(25)26-12-18(23)17-6-3-11-22-17/h1-11,22H,12H2. The summed E-state index contributed by atoms with van der Waals surface area (Å²) in [5, 5.41) is 0.511. The lowest BCUT2D eigenvalue weighted by Crippen LogP contribution is -2.17. The van der Waals surface area contributed by atoms with Crippen LogP contribution in [0.3, 0.4) is 0 Å². The number of halogens is 1. The molecule has 6 heteroatoms. The number of carbonyl (C=O) groups is 3. The Bertz CT molecular complexity index is 946. The zero-order valence-electron chi connectivity index (χ0n) is 13.6. The topological polar surface area (TPSA) is 76.2 Å². The van der Waals surface area contributed by atoms with Crippen molar-refractivity contribution in [3.05, 3.63) is 94.3 Å². The molecule has 0 saturated heterocycles. The van der Waals surface area contributed by atoms with E-state index in [1.807, 2.05) is 0 Å². The average Bonchev–Trinajstić information content (AvgIpc) is 3.21.